The summed E-state index contributed by atoms with van der Waals surface area (Å²) in [5, 5.41) is 0.454. The fraction of sp³-hybridized carbons (Fsp3) is 0.333. The number of rotatable bonds is 3. The number of aryl methyl sites for hydroxylation is 2. The Labute approximate surface area is 118 Å². The molecule has 0 amide bonds. The fourth-order valence-corrected chi connectivity index (χ4v) is 2.20. The van der Waals surface area contributed by atoms with Crippen LogP contribution in [-0.4, -0.2) is 9.97 Å². The van der Waals surface area contributed by atoms with Gasteiger partial charge >= 0.3 is 0 Å². The van der Waals surface area contributed by atoms with Crippen LogP contribution in [0.1, 0.15) is 29.2 Å². The Balaban J connectivity index is 2.48. The fourth-order valence-electron chi connectivity index (χ4n) is 1.94. The number of halogens is 1. The molecule has 0 aliphatic heterocycles. The van der Waals surface area contributed by atoms with Crippen LogP contribution in [0.4, 0.5) is 0 Å². The SMILES string of the molecule is CCc1c(Cl)ncnc1Oc1c(C)ccc(C)c1C. The lowest BCUT2D eigenvalue weighted by Crippen LogP contribution is -2.00. The number of hydrogen-bond acceptors (Lipinski definition) is 3. The lowest BCUT2D eigenvalue weighted by Gasteiger charge is -2.15. The molecule has 3 nitrogen and oxygen atoms in total. The molecule has 0 bridgehead atoms. The molecule has 2 rings (SSSR count). The number of hydrogen-bond donors (Lipinski definition) is 0. The summed E-state index contributed by atoms with van der Waals surface area (Å²) in [7, 11) is 0. The van der Waals surface area contributed by atoms with Gasteiger partial charge in [0.05, 0.1) is 5.56 Å². The first kappa shape index (κ1) is 13.8. The zero-order chi connectivity index (χ0) is 14.0. The maximum atomic E-state index is 6.08. The number of benzene rings is 1. The zero-order valence-electron chi connectivity index (χ0n) is 11.6. The largest absolute Gasteiger partial charge is 0.438 e. The summed E-state index contributed by atoms with van der Waals surface area (Å²) in [5.74, 6) is 1.39. The van der Waals surface area contributed by atoms with E-state index < -0.39 is 0 Å². The van der Waals surface area contributed by atoms with Gasteiger partial charge in [0.1, 0.15) is 17.2 Å². The van der Waals surface area contributed by atoms with Crippen molar-refractivity contribution in [1.29, 1.82) is 0 Å². The van der Waals surface area contributed by atoms with Gasteiger partial charge in [-0.1, -0.05) is 30.7 Å². The Bertz CT molecular complexity index is 611. The molecule has 0 unspecified atom stereocenters. The van der Waals surface area contributed by atoms with E-state index in [1.165, 1.54) is 11.9 Å². The molecule has 0 atom stereocenters. The molecule has 19 heavy (non-hydrogen) atoms. The van der Waals surface area contributed by atoms with Gasteiger partial charge in [-0.15, -0.1) is 0 Å². The van der Waals surface area contributed by atoms with Gasteiger partial charge in [0.25, 0.3) is 0 Å². The number of ether oxygens (including phenoxy) is 1. The van der Waals surface area contributed by atoms with E-state index in [4.69, 9.17) is 16.3 Å². The van der Waals surface area contributed by atoms with Gasteiger partial charge in [0.15, 0.2) is 0 Å². The highest BCUT2D eigenvalue weighted by atomic mass is 35.5. The zero-order valence-corrected chi connectivity index (χ0v) is 12.4. The quantitative estimate of drug-likeness (QED) is 0.779. The second kappa shape index (κ2) is 5.57. The lowest BCUT2D eigenvalue weighted by molar-refractivity contribution is 0.448. The van der Waals surface area contributed by atoms with E-state index in [0.717, 1.165) is 28.9 Å². The highest BCUT2D eigenvalue weighted by Gasteiger charge is 2.13. The molecule has 1 aromatic heterocycles. The molecule has 0 aliphatic rings. The summed E-state index contributed by atoms with van der Waals surface area (Å²) in [6.07, 6.45) is 2.16. The highest BCUT2D eigenvalue weighted by molar-refractivity contribution is 6.30. The van der Waals surface area contributed by atoms with Crippen LogP contribution < -0.4 is 4.74 Å². The van der Waals surface area contributed by atoms with E-state index in [2.05, 4.69) is 23.0 Å². The van der Waals surface area contributed by atoms with E-state index in [1.54, 1.807) is 0 Å². The molecule has 1 heterocycles. The van der Waals surface area contributed by atoms with Gasteiger partial charge in [-0.05, 0) is 43.9 Å². The molecule has 0 spiro atoms. The summed E-state index contributed by atoms with van der Waals surface area (Å²) in [6.45, 7) is 8.14. The van der Waals surface area contributed by atoms with Gasteiger partial charge in [0, 0.05) is 0 Å². The average Bonchev–Trinajstić information content (AvgIpc) is 2.39. The molecule has 0 radical (unpaired) electrons. The Morgan fingerprint density at radius 2 is 1.79 bits per heavy atom. The van der Waals surface area contributed by atoms with Gasteiger partial charge < -0.3 is 4.74 Å². The molecule has 100 valence electrons. The van der Waals surface area contributed by atoms with Crippen molar-refractivity contribution in [1.82, 2.24) is 9.97 Å². The van der Waals surface area contributed by atoms with Gasteiger partial charge in [-0.2, -0.15) is 0 Å². The molecular formula is C15H17ClN2O. The molecule has 0 aliphatic carbocycles. The van der Waals surface area contributed by atoms with E-state index in [9.17, 15) is 0 Å². The number of nitrogens with zero attached hydrogens (tertiary/aromatic N) is 2. The monoisotopic (exact) mass is 276 g/mol. The molecule has 2 aromatic rings. The van der Waals surface area contributed by atoms with Crippen LogP contribution in [0.2, 0.25) is 5.15 Å². The molecule has 0 N–H and O–H groups in total. The standard InChI is InChI=1S/C15H17ClN2O/c1-5-12-14(16)17-8-18-15(12)19-13-10(3)7-6-9(2)11(13)4/h6-8H,5H2,1-4H3. The molecule has 0 saturated heterocycles. The van der Waals surface area contributed by atoms with Crippen LogP contribution in [0.15, 0.2) is 18.5 Å². The van der Waals surface area contributed by atoms with Crippen molar-refractivity contribution >= 4 is 11.6 Å². The summed E-state index contributed by atoms with van der Waals surface area (Å²) in [6, 6.07) is 4.14. The maximum absolute atomic E-state index is 6.08. The van der Waals surface area contributed by atoms with E-state index >= 15 is 0 Å². The van der Waals surface area contributed by atoms with Crippen molar-refractivity contribution in [2.45, 2.75) is 34.1 Å². The molecule has 0 saturated carbocycles. The minimum atomic E-state index is 0.454. The van der Waals surface area contributed by atoms with E-state index in [0.29, 0.717) is 11.0 Å². The predicted octanol–water partition coefficient (Wildman–Crippen LogP) is 4.41. The van der Waals surface area contributed by atoms with Gasteiger partial charge in [0.2, 0.25) is 5.88 Å². The van der Waals surface area contributed by atoms with Crippen LogP contribution in [0.5, 0.6) is 11.6 Å². The van der Waals surface area contributed by atoms with Crippen molar-refractivity contribution < 1.29 is 4.74 Å². The Kier molecular flexibility index (Phi) is 4.05. The van der Waals surface area contributed by atoms with Crippen molar-refractivity contribution in [2.24, 2.45) is 0 Å². The van der Waals surface area contributed by atoms with Gasteiger partial charge in [-0.3, -0.25) is 0 Å². The van der Waals surface area contributed by atoms with Crippen molar-refractivity contribution in [3.63, 3.8) is 0 Å². The third-order valence-corrected chi connectivity index (χ3v) is 3.60. The second-order valence-corrected chi connectivity index (χ2v) is 4.92. The lowest BCUT2D eigenvalue weighted by atomic mass is 10.1. The maximum Gasteiger partial charge on any atom is 0.227 e. The van der Waals surface area contributed by atoms with E-state index in [1.807, 2.05) is 26.8 Å². The number of aromatic nitrogens is 2. The minimum Gasteiger partial charge on any atom is -0.438 e. The first-order chi connectivity index (χ1) is 9.04. The predicted molar refractivity (Wildman–Crippen MR) is 77.1 cm³/mol. The summed E-state index contributed by atoms with van der Waals surface area (Å²) in [5.41, 5.74) is 4.24. The van der Waals surface area contributed by atoms with Crippen LogP contribution >= 0.6 is 11.6 Å². The van der Waals surface area contributed by atoms with Gasteiger partial charge in [-0.25, -0.2) is 9.97 Å². The highest BCUT2D eigenvalue weighted by Crippen LogP contribution is 2.32. The van der Waals surface area contributed by atoms with Crippen LogP contribution in [-0.2, 0) is 6.42 Å². The van der Waals surface area contributed by atoms with Crippen molar-refractivity contribution in [2.75, 3.05) is 0 Å². The Morgan fingerprint density at radius 3 is 2.47 bits per heavy atom. The molecule has 1 aromatic carbocycles. The summed E-state index contributed by atoms with van der Waals surface area (Å²) < 4.78 is 5.99. The Hall–Kier alpha value is -1.61. The van der Waals surface area contributed by atoms with Crippen LogP contribution in [0.25, 0.3) is 0 Å². The minimum absolute atomic E-state index is 0.454. The first-order valence-electron chi connectivity index (χ1n) is 6.28. The average molecular weight is 277 g/mol. The molecule has 0 fully saturated rings. The van der Waals surface area contributed by atoms with Crippen LogP contribution in [0.3, 0.4) is 0 Å². The third kappa shape index (κ3) is 2.71. The third-order valence-electron chi connectivity index (χ3n) is 3.28. The normalized spacial score (nSPS) is 10.6. The Morgan fingerprint density at radius 1 is 1.11 bits per heavy atom. The summed E-state index contributed by atoms with van der Waals surface area (Å²) >= 11 is 6.08. The second-order valence-electron chi connectivity index (χ2n) is 4.56. The molecular weight excluding hydrogens is 260 g/mol. The van der Waals surface area contributed by atoms with Crippen molar-refractivity contribution in [3.8, 4) is 11.6 Å². The topological polar surface area (TPSA) is 35.0 Å². The van der Waals surface area contributed by atoms with E-state index in [-0.39, 0.29) is 0 Å². The first-order valence-corrected chi connectivity index (χ1v) is 6.66. The van der Waals surface area contributed by atoms with Crippen LogP contribution in [0, 0.1) is 20.8 Å². The smallest absolute Gasteiger partial charge is 0.227 e. The molecule has 4 heteroatoms. The summed E-state index contributed by atoms with van der Waals surface area (Å²) in [4.78, 5) is 8.19. The van der Waals surface area contributed by atoms with Crippen molar-refractivity contribution in [3.05, 3.63) is 45.9 Å².